The third-order valence-electron chi connectivity index (χ3n) is 21.4. The highest BCUT2D eigenvalue weighted by Gasteiger charge is 2.42. The lowest BCUT2D eigenvalue weighted by Crippen LogP contribution is -2.17. The maximum Gasteiger partial charge on any atom is 0.160 e. The lowest BCUT2D eigenvalue weighted by atomic mass is 9.80. The van der Waals surface area contributed by atoms with Crippen LogP contribution in [0.15, 0.2) is 340 Å². The average Bonchev–Trinajstić information content (AvgIpc) is 1.57. The molecule has 12 aromatic carbocycles. The van der Waals surface area contributed by atoms with Crippen LogP contribution in [0.3, 0.4) is 0 Å². The van der Waals surface area contributed by atoms with Crippen LogP contribution in [0.25, 0.3) is 167 Å². The molecule has 2 aliphatic rings. The van der Waals surface area contributed by atoms with Crippen molar-refractivity contribution < 1.29 is 0 Å². The predicted molar refractivity (Wildman–Crippen MR) is 427 cm³/mol. The monoisotopic (exact) mass is 1330 g/mol. The molecule has 6 heterocycles. The van der Waals surface area contributed by atoms with E-state index in [4.69, 9.17) is 19.9 Å². The lowest BCUT2D eigenvalue weighted by molar-refractivity contribution is 0.657. The van der Waals surface area contributed by atoms with Crippen LogP contribution in [0.5, 0.6) is 0 Å². The standard InChI is InChI=1S/2C48H34N4/c1-48(2)41-19-8-6-18-39(41)46-44(48)45(50-47(51-46)32-23-21-31(22-24-32)36-14-11-27-49-30-36)35-13-10-12-33(28-35)34-25-26-43-40(29-34)38-17-7-9-20-42(38)52(43)37-15-4-3-5-16-37;1-48(2)41-17-8-6-16-39(41)46-44(48)45(50-47(51-46)33-21-19-31(20-22-33)32-25-27-49-28-26-32)36-12-10-11-34(29-36)35-23-24-43-40(30-35)38-15-7-9-18-42(38)52(43)37-13-4-3-5-14-37/h2*3-30H,1-2H3. The zero-order chi connectivity index (χ0) is 69.6. The van der Waals surface area contributed by atoms with Crippen molar-refractivity contribution in [3.8, 4) is 124 Å². The van der Waals surface area contributed by atoms with E-state index >= 15 is 0 Å². The fourth-order valence-electron chi connectivity index (χ4n) is 16.3. The number of aromatic nitrogens is 8. The predicted octanol–water partition coefficient (Wildman–Crippen LogP) is 23.9. The minimum Gasteiger partial charge on any atom is -0.309 e. The smallest absolute Gasteiger partial charge is 0.160 e. The van der Waals surface area contributed by atoms with Gasteiger partial charge in [0, 0.05) is 113 Å². The molecule has 0 atom stereocenters. The Morgan fingerprint density at radius 3 is 1.08 bits per heavy atom. The van der Waals surface area contributed by atoms with Crippen LogP contribution in [0.2, 0.25) is 0 Å². The zero-order valence-corrected chi connectivity index (χ0v) is 57.9. The first-order valence-electron chi connectivity index (χ1n) is 35.5. The molecule has 0 bridgehead atoms. The number of rotatable bonds is 10. The molecular formula is C96H68N8. The summed E-state index contributed by atoms with van der Waals surface area (Å²) in [6, 6.07) is 113. The molecule has 0 aliphatic heterocycles. The number of benzene rings is 12. The number of hydrogen-bond donors (Lipinski definition) is 0. The summed E-state index contributed by atoms with van der Waals surface area (Å²) in [5.74, 6) is 1.45. The second-order valence-electron chi connectivity index (χ2n) is 28.2. The molecule has 8 heteroatoms. The Morgan fingerprint density at radius 1 is 0.240 bits per heavy atom. The van der Waals surface area contributed by atoms with Crippen molar-refractivity contribution in [1.29, 1.82) is 0 Å². The van der Waals surface area contributed by atoms with Crippen molar-refractivity contribution >= 4 is 43.6 Å². The molecule has 0 amide bonds. The Kier molecular flexibility index (Phi) is 14.7. The Balaban J connectivity index is 0.000000143. The van der Waals surface area contributed by atoms with Gasteiger partial charge in [0.05, 0.1) is 44.8 Å². The van der Waals surface area contributed by atoms with Gasteiger partial charge < -0.3 is 9.13 Å². The van der Waals surface area contributed by atoms with Gasteiger partial charge in [0.15, 0.2) is 11.6 Å². The van der Waals surface area contributed by atoms with E-state index in [1.807, 2.05) is 36.8 Å². The molecule has 20 rings (SSSR count). The van der Waals surface area contributed by atoms with Crippen molar-refractivity contribution in [2.45, 2.75) is 38.5 Å². The first-order valence-corrected chi connectivity index (χ1v) is 35.5. The topological polar surface area (TPSA) is 87.2 Å². The van der Waals surface area contributed by atoms with E-state index in [1.54, 1.807) is 6.20 Å². The fraction of sp³-hybridized carbons (Fsp3) is 0.0625. The van der Waals surface area contributed by atoms with E-state index < -0.39 is 0 Å². The van der Waals surface area contributed by atoms with Gasteiger partial charge in [-0.25, -0.2) is 19.9 Å². The molecule has 0 radical (unpaired) electrons. The van der Waals surface area contributed by atoms with Gasteiger partial charge in [0.2, 0.25) is 0 Å². The number of fused-ring (bicyclic) bond motifs is 12. The number of nitrogens with zero attached hydrogens (tertiary/aromatic N) is 8. The fourth-order valence-corrected chi connectivity index (χ4v) is 16.3. The van der Waals surface area contributed by atoms with Crippen molar-refractivity contribution in [2.75, 3.05) is 0 Å². The normalized spacial score (nSPS) is 13.0. The van der Waals surface area contributed by atoms with Gasteiger partial charge in [0.25, 0.3) is 0 Å². The number of para-hydroxylation sites is 4. The van der Waals surface area contributed by atoms with E-state index in [-0.39, 0.29) is 10.8 Å². The second-order valence-corrected chi connectivity index (χ2v) is 28.2. The van der Waals surface area contributed by atoms with Crippen LogP contribution in [0.1, 0.15) is 49.9 Å². The summed E-state index contributed by atoms with van der Waals surface area (Å²) in [6.07, 6.45) is 7.35. The molecule has 6 aromatic heterocycles. The number of pyridine rings is 2. The zero-order valence-electron chi connectivity index (χ0n) is 57.9. The van der Waals surface area contributed by atoms with Crippen LogP contribution >= 0.6 is 0 Å². The average molecular weight is 1330 g/mol. The highest BCUT2D eigenvalue weighted by atomic mass is 15.0. The first kappa shape index (κ1) is 61.8. The van der Waals surface area contributed by atoms with Gasteiger partial charge in [-0.1, -0.05) is 252 Å². The van der Waals surface area contributed by atoms with Gasteiger partial charge in [-0.05, 0) is 147 Å². The van der Waals surface area contributed by atoms with E-state index in [2.05, 4.69) is 344 Å². The molecule has 0 saturated carbocycles. The molecule has 0 fully saturated rings. The Bertz CT molecular complexity index is 5980. The van der Waals surface area contributed by atoms with E-state index in [1.165, 1.54) is 88.1 Å². The summed E-state index contributed by atoms with van der Waals surface area (Å²) in [7, 11) is 0. The summed E-state index contributed by atoms with van der Waals surface area (Å²) >= 11 is 0. The van der Waals surface area contributed by atoms with Gasteiger partial charge in [-0.15, -0.1) is 0 Å². The molecule has 18 aromatic rings. The molecule has 2 aliphatic carbocycles. The third-order valence-corrected chi connectivity index (χ3v) is 21.4. The Labute approximate surface area is 603 Å². The van der Waals surface area contributed by atoms with Gasteiger partial charge >= 0.3 is 0 Å². The van der Waals surface area contributed by atoms with E-state index in [0.29, 0.717) is 0 Å². The second kappa shape index (κ2) is 24.8. The van der Waals surface area contributed by atoms with Crippen LogP contribution < -0.4 is 0 Å². The minimum absolute atomic E-state index is 0.265. The number of hydrogen-bond acceptors (Lipinski definition) is 6. The lowest BCUT2D eigenvalue weighted by Gasteiger charge is -2.24. The van der Waals surface area contributed by atoms with Gasteiger partial charge in [-0.2, -0.15) is 0 Å². The quantitative estimate of drug-likeness (QED) is 0.136. The molecule has 8 nitrogen and oxygen atoms in total. The highest BCUT2D eigenvalue weighted by Crippen LogP contribution is 2.54. The Hall–Kier alpha value is -13.3. The van der Waals surface area contributed by atoms with Gasteiger partial charge in [0.1, 0.15) is 0 Å². The van der Waals surface area contributed by atoms with Crippen LogP contribution in [0.4, 0.5) is 0 Å². The van der Waals surface area contributed by atoms with E-state index in [0.717, 1.165) is 101 Å². The van der Waals surface area contributed by atoms with Gasteiger partial charge in [-0.3, -0.25) is 9.97 Å². The molecule has 0 N–H and O–H groups in total. The molecule has 0 saturated heterocycles. The van der Waals surface area contributed by atoms with E-state index in [9.17, 15) is 0 Å². The van der Waals surface area contributed by atoms with Crippen LogP contribution in [0, 0.1) is 0 Å². The largest absolute Gasteiger partial charge is 0.309 e. The van der Waals surface area contributed by atoms with Crippen molar-refractivity contribution in [1.82, 2.24) is 39.0 Å². The molecular weight excluding hydrogens is 1270 g/mol. The Morgan fingerprint density at radius 2 is 0.606 bits per heavy atom. The van der Waals surface area contributed by atoms with Crippen molar-refractivity contribution in [3.05, 3.63) is 362 Å². The van der Waals surface area contributed by atoms with Crippen LogP contribution in [-0.4, -0.2) is 39.0 Å². The summed E-state index contributed by atoms with van der Waals surface area (Å²) in [5, 5.41) is 4.96. The van der Waals surface area contributed by atoms with Crippen molar-refractivity contribution in [3.63, 3.8) is 0 Å². The molecule has 492 valence electrons. The summed E-state index contributed by atoms with van der Waals surface area (Å²) in [4.78, 5) is 29.9. The third kappa shape index (κ3) is 10.4. The highest BCUT2D eigenvalue weighted by molar-refractivity contribution is 6.12. The SMILES string of the molecule is CC1(C)c2ccccc2-c2nc(-c3ccc(-c4cccnc4)cc3)nc(-c3cccc(-c4ccc5c(c4)c4ccccc4n5-c4ccccc4)c3)c21.CC1(C)c2ccccc2-c2nc(-c3ccc(-c4ccncc4)cc3)nc(-c3cccc(-c4ccc5c(c4)c4ccccc4n5-c4ccccc4)c3)c21. The summed E-state index contributed by atoms with van der Waals surface area (Å²) in [5.41, 5.74) is 31.0. The minimum atomic E-state index is -0.266. The maximum atomic E-state index is 5.40. The van der Waals surface area contributed by atoms with Crippen LogP contribution in [-0.2, 0) is 10.8 Å². The molecule has 104 heavy (non-hydrogen) atoms. The summed E-state index contributed by atoms with van der Waals surface area (Å²) < 4.78 is 4.72. The first-order chi connectivity index (χ1) is 51.1. The molecule has 0 unspecified atom stereocenters. The van der Waals surface area contributed by atoms with Crippen molar-refractivity contribution in [2.24, 2.45) is 0 Å². The maximum absolute atomic E-state index is 5.40. The summed E-state index contributed by atoms with van der Waals surface area (Å²) in [6.45, 7) is 9.20. The molecule has 0 spiro atoms.